The molecule has 2 heterocycles. The van der Waals surface area contributed by atoms with Crippen LogP contribution in [-0.2, 0) is 20.0 Å². The standard InChI is InChI=1S/C18H18F2N6O3S.C17H16F2N6O4S.C10H10F2O2.2B5/c1-9(2)12-7-8-13(19)14(15(12)20)16(27)26-17(21)24-18(25-26)23-10-3-5-11(6-4-10)30(22,28)29;1-8(26)11-6-7-12(18)13(14(11)19)15(27)25-16(20)23-17(24-25)22-9-2-4-10(5-3-9)30(21,28)29;1-5(2)6-3-4-7(11)8(9(6)12)10(13)14;2*1-4-5(2)3/h3-9H,1-2H3,(H2,22,28,29)(H3,21,23,24,25);2-8,26H,1H3,(H2,21,28,29)(H3,20,22,23,24);3-5H,1-2H3,(H,13,14);;. The Hall–Kier alpha value is -7.60. The van der Waals surface area contributed by atoms with Crippen molar-refractivity contribution in [2.45, 2.75) is 62.3 Å². The molecular weight excluding hydrogens is 1140 g/mol. The average molecular weight is 1180 g/mol. The van der Waals surface area contributed by atoms with Gasteiger partial charge in [0.05, 0.1) is 15.9 Å². The van der Waals surface area contributed by atoms with Crippen molar-refractivity contribution in [1.29, 1.82) is 0 Å². The first-order valence-corrected chi connectivity index (χ1v) is 26.9. The molecule has 14 radical (unpaired) electrons. The highest BCUT2D eigenvalue weighted by molar-refractivity contribution is 7.89. The number of anilines is 6. The van der Waals surface area contributed by atoms with E-state index in [9.17, 15) is 62.7 Å². The summed E-state index contributed by atoms with van der Waals surface area (Å²) >= 11 is 0. The number of rotatable bonds is 14. The van der Waals surface area contributed by atoms with Crippen LogP contribution in [0.15, 0.2) is 94.7 Å². The van der Waals surface area contributed by atoms with Crippen LogP contribution in [0.5, 0.6) is 0 Å². The van der Waals surface area contributed by atoms with E-state index in [2.05, 4.69) is 30.8 Å². The van der Waals surface area contributed by atoms with Gasteiger partial charge in [0, 0.05) is 90.3 Å². The van der Waals surface area contributed by atoms with Crippen molar-refractivity contribution in [1.82, 2.24) is 29.5 Å². The molecule has 0 saturated heterocycles. The lowest BCUT2D eigenvalue weighted by molar-refractivity contribution is 0.0685. The number of nitrogens with zero attached hydrogens (tertiary/aromatic N) is 6. The highest BCUT2D eigenvalue weighted by Gasteiger charge is 2.28. The molecule has 12 N–H and O–H groups in total. The van der Waals surface area contributed by atoms with Gasteiger partial charge >= 0.3 is 5.97 Å². The van der Waals surface area contributed by atoms with Crippen molar-refractivity contribution in [2.75, 3.05) is 22.1 Å². The topological polar surface area (TPSA) is 350 Å². The molecule has 5 aromatic carbocycles. The maximum atomic E-state index is 14.7. The number of hydrogen-bond donors (Lipinski definition) is 8. The van der Waals surface area contributed by atoms with Crippen molar-refractivity contribution in [3.8, 4) is 0 Å². The van der Waals surface area contributed by atoms with E-state index in [1.807, 2.05) is 0 Å². The fourth-order valence-corrected chi connectivity index (χ4v) is 7.52. The Morgan fingerprint density at radius 1 is 0.548 bits per heavy atom. The first-order valence-electron chi connectivity index (χ1n) is 23.8. The van der Waals surface area contributed by atoms with Gasteiger partial charge in [0.25, 0.3) is 11.8 Å². The number of halogens is 6. The van der Waals surface area contributed by atoms with Gasteiger partial charge in [0.15, 0.2) is 0 Å². The van der Waals surface area contributed by atoms with Crippen molar-refractivity contribution in [2.24, 2.45) is 10.3 Å². The zero-order valence-corrected chi connectivity index (χ0v) is 46.6. The van der Waals surface area contributed by atoms with E-state index in [0.717, 1.165) is 24.3 Å². The van der Waals surface area contributed by atoms with Crippen LogP contribution in [0.25, 0.3) is 0 Å². The minimum Gasteiger partial charge on any atom is -0.477 e. The van der Waals surface area contributed by atoms with Crippen molar-refractivity contribution in [3.05, 3.63) is 153 Å². The first-order chi connectivity index (χ1) is 39.0. The Morgan fingerprint density at radius 3 is 1.11 bits per heavy atom. The molecule has 0 aliphatic rings. The molecular formula is C45H44B10F6N12O9S2. The fourth-order valence-electron chi connectivity index (χ4n) is 6.49. The van der Waals surface area contributed by atoms with Gasteiger partial charge in [-0.25, -0.2) is 58.3 Å². The molecule has 7 aromatic rings. The third-order valence-corrected chi connectivity index (χ3v) is 12.5. The minimum absolute atomic E-state index is 0.0998. The summed E-state index contributed by atoms with van der Waals surface area (Å²) in [7, 11) is 23.9. The van der Waals surface area contributed by atoms with Gasteiger partial charge in [-0.05, 0) is 96.6 Å². The molecule has 7 rings (SSSR count). The highest BCUT2D eigenvalue weighted by Crippen LogP contribution is 2.28. The Balaban J connectivity index is 0.000000320. The molecule has 0 amide bonds. The molecule has 39 heteroatoms. The maximum absolute atomic E-state index is 14.7. The average Bonchev–Trinajstić information content (AvgIpc) is 4.02. The smallest absolute Gasteiger partial charge is 0.341 e. The molecule has 1 unspecified atom stereocenters. The molecule has 0 bridgehead atoms. The van der Waals surface area contributed by atoms with Crippen LogP contribution in [0.3, 0.4) is 0 Å². The zero-order valence-electron chi connectivity index (χ0n) is 44.9. The minimum atomic E-state index is -3.87. The number of carboxylic acid groups (broad SMARTS) is 1. The molecule has 0 aliphatic carbocycles. The number of hydrogen-bond acceptors (Lipinski definition) is 16. The lowest BCUT2D eigenvalue weighted by Crippen LogP contribution is -2.23. The van der Waals surface area contributed by atoms with Crippen LogP contribution in [0.4, 0.5) is 61.5 Å². The molecule has 0 saturated carbocycles. The Bertz CT molecular complexity index is 3490. The van der Waals surface area contributed by atoms with Crippen molar-refractivity contribution < 1.29 is 67.8 Å². The van der Waals surface area contributed by atoms with Gasteiger partial charge in [-0.3, -0.25) is 9.59 Å². The second kappa shape index (κ2) is 30.8. The van der Waals surface area contributed by atoms with E-state index in [0.29, 0.717) is 20.7 Å². The number of benzene rings is 5. The zero-order chi connectivity index (χ0) is 63.9. The monoisotopic (exact) mass is 1180 g/mol. The molecule has 21 nitrogen and oxygen atoms in total. The number of aliphatic hydroxyl groups is 1. The third-order valence-electron chi connectivity index (χ3n) is 10.7. The summed E-state index contributed by atoms with van der Waals surface area (Å²) in [5.41, 5.74) is 9.55. The SMILES string of the molecule is CC(C)c1ccc(F)c(C(=O)O)c1F.CC(C)c1ccc(F)c(C(=O)n2nc(Nc3ccc(S(N)(=O)=O)cc3)nc2N)c1F.CC(O)c1ccc(F)c(C(=O)n2nc(Nc3ccc(S(N)(=O)=O)cc3)nc2N)c1F.[B][B]B([B])[B].[B][B]B([B])[B]. The van der Waals surface area contributed by atoms with Crippen LogP contribution in [0.1, 0.15) is 100 Å². The number of sulfonamides is 2. The van der Waals surface area contributed by atoms with Gasteiger partial charge < -0.3 is 32.3 Å². The molecule has 0 aliphatic heterocycles. The fraction of sp³-hybridized carbons (Fsp3) is 0.178. The van der Waals surface area contributed by atoms with Crippen LogP contribution in [0, 0.1) is 34.9 Å². The summed E-state index contributed by atoms with van der Waals surface area (Å²) in [5, 5.41) is 41.2. The van der Waals surface area contributed by atoms with E-state index >= 15 is 0 Å². The van der Waals surface area contributed by atoms with E-state index in [1.54, 1.807) is 27.7 Å². The van der Waals surface area contributed by atoms with Gasteiger partial charge in [-0.15, -0.1) is 10.2 Å². The number of aliphatic hydroxyl groups excluding tert-OH is 1. The summed E-state index contributed by atoms with van der Waals surface area (Å²) in [5.74, 6) is -12.0. The normalized spacial score (nSPS) is 11.2. The summed E-state index contributed by atoms with van der Waals surface area (Å²) < 4.78 is 130. The number of carbonyl (C=O) groups is 3. The summed E-state index contributed by atoms with van der Waals surface area (Å²) in [6.45, 7) is 8.09. The van der Waals surface area contributed by atoms with Gasteiger partial charge in [-0.2, -0.15) is 19.3 Å². The number of nitrogens with one attached hydrogen (secondary N) is 2. The van der Waals surface area contributed by atoms with Gasteiger partial charge in [-0.1, -0.05) is 45.9 Å². The number of nitrogen functional groups attached to an aromatic ring is 2. The van der Waals surface area contributed by atoms with Crippen LogP contribution >= 0.6 is 0 Å². The van der Waals surface area contributed by atoms with Crippen molar-refractivity contribution in [3.63, 3.8) is 0 Å². The van der Waals surface area contributed by atoms with Crippen LogP contribution < -0.4 is 32.4 Å². The third kappa shape index (κ3) is 19.5. The Labute approximate surface area is 489 Å². The van der Waals surface area contributed by atoms with E-state index in [4.69, 9.17) is 73.3 Å². The lowest BCUT2D eigenvalue weighted by Gasteiger charge is -2.11. The highest BCUT2D eigenvalue weighted by atomic mass is 32.2. The van der Waals surface area contributed by atoms with Crippen LogP contribution in [-0.4, -0.2) is 148 Å². The number of primary sulfonamides is 2. The molecule has 422 valence electrons. The number of aromatic nitrogens is 6. The summed E-state index contributed by atoms with van der Waals surface area (Å²) in [6, 6.07) is 16.9. The quantitative estimate of drug-likeness (QED) is 0.0573. The van der Waals surface area contributed by atoms with Crippen molar-refractivity contribution >= 4 is 146 Å². The van der Waals surface area contributed by atoms with Crippen LogP contribution in [0.2, 0.25) is 0 Å². The van der Waals surface area contributed by atoms with Gasteiger partial charge in [0.1, 0.15) is 51.6 Å². The number of nitrogens with two attached hydrogens (primary N) is 4. The molecule has 1 atom stereocenters. The number of aromatic carboxylic acids is 1. The van der Waals surface area contributed by atoms with E-state index < -0.39 is 120 Å². The molecule has 2 aromatic heterocycles. The predicted octanol–water partition coefficient (Wildman–Crippen LogP) is 2.59. The Morgan fingerprint density at radius 2 is 0.833 bits per heavy atom. The predicted molar refractivity (Wildman–Crippen MR) is 313 cm³/mol. The lowest BCUT2D eigenvalue weighted by atomic mass is 8.97. The summed E-state index contributed by atoms with van der Waals surface area (Å²) in [6.07, 6.45) is -2.20. The van der Waals surface area contributed by atoms with E-state index in [-0.39, 0.29) is 50.2 Å². The number of carboxylic acids is 1. The summed E-state index contributed by atoms with van der Waals surface area (Å²) in [4.78, 5) is 43.3. The molecule has 0 spiro atoms. The maximum Gasteiger partial charge on any atom is 0.341 e. The largest absolute Gasteiger partial charge is 0.477 e. The second-order valence-electron chi connectivity index (χ2n) is 17.7. The Kier molecular flexibility index (Phi) is 25.9. The molecule has 0 fully saturated rings. The molecule has 84 heavy (non-hydrogen) atoms. The first kappa shape index (κ1) is 70.7. The number of carbonyl (C=O) groups excluding carboxylic acids is 2. The van der Waals surface area contributed by atoms with E-state index in [1.165, 1.54) is 81.7 Å². The second-order valence-corrected chi connectivity index (χ2v) is 20.8. The van der Waals surface area contributed by atoms with Gasteiger partial charge in [0.2, 0.25) is 43.8 Å².